The van der Waals surface area contributed by atoms with Gasteiger partial charge in [-0.05, 0) is 12.0 Å². The van der Waals surface area contributed by atoms with E-state index in [0.29, 0.717) is 5.56 Å². The Morgan fingerprint density at radius 1 is 1.30 bits per heavy atom. The molecule has 1 heterocycles. The standard InChI is InChI=1S/C14H14F2N2O2/c1-7(2)10-13(19)17-12(18-14(10)20)9-5-3-4-8(6-9)11(15)16/h3-7,11H,1-2H3,(H2,17,18,19,20). The van der Waals surface area contributed by atoms with Crippen molar-refractivity contribution in [2.24, 2.45) is 0 Å². The molecule has 1 aromatic heterocycles. The zero-order chi connectivity index (χ0) is 14.9. The summed E-state index contributed by atoms with van der Waals surface area (Å²) in [5, 5.41) is 9.80. The molecular formula is C14H14F2N2O2. The summed E-state index contributed by atoms with van der Waals surface area (Å²) in [5.41, 5.74) is -0.133. The van der Waals surface area contributed by atoms with Crippen LogP contribution in [0.4, 0.5) is 8.78 Å². The number of aromatic nitrogens is 2. The molecule has 2 N–H and O–H groups in total. The van der Waals surface area contributed by atoms with E-state index in [-0.39, 0.29) is 28.7 Å². The summed E-state index contributed by atoms with van der Waals surface area (Å²) < 4.78 is 25.3. The number of aromatic amines is 1. The Bertz CT molecular complexity index is 681. The van der Waals surface area contributed by atoms with Crippen LogP contribution in [0.15, 0.2) is 29.1 Å². The molecule has 4 nitrogen and oxygen atoms in total. The number of aromatic hydroxyl groups is 1. The molecule has 0 spiro atoms. The van der Waals surface area contributed by atoms with Crippen molar-refractivity contribution >= 4 is 0 Å². The Labute approximate surface area is 114 Å². The molecule has 0 atom stereocenters. The summed E-state index contributed by atoms with van der Waals surface area (Å²) >= 11 is 0. The van der Waals surface area contributed by atoms with Gasteiger partial charge in [0.25, 0.3) is 12.0 Å². The van der Waals surface area contributed by atoms with Crippen LogP contribution >= 0.6 is 0 Å². The summed E-state index contributed by atoms with van der Waals surface area (Å²) in [5.74, 6) is -0.492. The Kier molecular flexibility index (Phi) is 3.83. The van der Waals surface area contributed by atoms with Gasteiger partial charge in [0, 0.05) is 11.1 Å². The van der Waals surface area contributed by atoms with Gasteiger partial charge in [-0.25, -0.2) is 8.78 Å². The molecule has 0 fully saturated rings. The molecule has 0 unspecified atom stereocenters. The van der Waals surface area contributed by atoms with E-state index in [4.69, 9.17) is 0 Å². The maximum absolute atomic E-state index is 12.6. The van der Waals surface area contributed by atoms with Crippen molar-refractivity contribution in [2.45, 2.75) is 26.2 Å². The number of hydrogen-bond donors (Lipinski definition) is 2. The third-order valence-electron chi connectivity index (χ3n) is 2.92. The predicted octanol–water partition coefficient (Wildman–Crippen LogP) is 3.20. The minimum absolute atomic E-state index is 0.0689. The average molecular weight is 280 g/mol. The smallest absolute Gasteiger partial charge is 0.263 e. The van der Waals surface area contributed by atoms with Crippen molar-refractivity contribution in [2.75, 3.05) is 0 Å². The summed E-state index contributed by atoms with van der Waals surface area (Å²) in [6.45, 7) is 3.51. The molecule has 6 heteroatoms. The van der Waals surface area contributed by atoms with Crippen LogP contribution in [0.1, 0.15) is 37.3 Å². The Hall–Kier alpha value is -2.24. The van der Waals surface area contributed by atoms with E-state index in [1.165, 1.54) is 18.2 Å². The van der Waals surface area contributed by atoms with Gasteiger partial charge in [0.1, 0.15) is 5.82 Å². The molecule has 0 aliphatic heterocycles. The van der Waals surface area contributed by atoms with Gasteiger partial charge in [-0.15, -0.1) is 0 Å². The van der Waals surface area contributed by atoms with Gasteiger partial charge in [0.05, 0.1) is 5.56 Å². The molecular weight excluding hydrogens is 266 g/mol. The largest absolute Gasteiger partial charge is 0.493 e. The van der Waals surface area contributed by atoms with Crippen molar-refractivity contribution in [3.05, 3.63) is 45.7 Å². The third-order valence-corrected chi connectivity index (χ3v) is 2.92. The second-order valence-corrected chi connectivity index (χ2v) is 4.73. The maximum Gasteiger partial charge on any atom is 0.263 e. The molecule has 2 rings (SSSR count). The van der Waals surface area contributed by atoms with Gasteiger partial charge in [-0.1, -0.05) is 32.0 Å². The molecule has 0 saturated carbocycles. The highest BCUT2D eigenvalue weighted by atomic mass is 19.3. The van der Waals surface area contributed by atoms with E-state index < -0.39 is 12.0 Å². The van der Waals surface area contributed by atoms with Crippen LogP contribution in [0.3, 0.4) is 0 Å². The van der Waals surface area contributed by atoms with Crippen LogP contribution in [0.5, 0.6) is 5.88 Å². The zero-order valence-corrected chi connectivity index (χ0v) is 11.0. The van der Waals surface area contributed by atoms with Crippen molar-refractivity contribution in [1.82, 2.24) is 9.97 Å². The number of hydrogen-bond acceptors (Lipinski definition) is 3. The van der Waals surface area contributed by atoms with E-state index in [2.05, 4.69) is 9.97 Å². The molecule has 0 amide bonds. The normalized spacial score (nSPS) is 11.3. The van der Waals surface area contributed by atoms with Gasteiger partial charge in [-0.3, -0.25) is 4.79 Å². The van der Waals surface area contributed by atoms with Gasteiger partial charge in [0.15, 0.2) is 0 Å². The third kappa shape index (κ3) is 2.68. The second-order valence-electron chi connectivity index (χ2n) is 4.73. The highest BCUT2D eigenvalue weighted by Crippen LogP contribution is 2.25. The summed E-state index contributed by atoms with van der Waals surface area (Å²) in [6.07, 6.45) is -2.61. The second kappa shape index (κ2) is 5.40. The first kappa shape index (κ1) is 14.2. The fraction of sp³-hybridized carbons (Fsp3) is 0.286. The predicted molar refractivity (Wildman–Crippen MR) is 71.0 cm³/mol. The lowest BCUT2D eigenvalue weighted by molar-refractivity contribution is 0.151. The highest BCUT2D eigenvalue weighted by molar-refractivity contribution is 5.57. The number of rotatable bonds is 3. The van der Waals surface area contributed by atoms with E-state index >= 15 is 0 Å². The van der Waals surface area contributed by atoms with Crippen molar-refractivity contribution in [3.63, 3.8) is 0 Å². The quantitative estimate of drug-likeness (QED) is 0.907. The van der Waals surface area contributed by atoms with Crippen molar-refractivity contribution in [3.8, 4) is 17.3 Å². The molecule has 0 radical (unpaired) electrons. The van der Waals surface area contributed by atoms with Crippen LogP contribution in [-0.4, -0.2) is 15.1 Å². The fourth-order valence-electron chi connectivity index (χ4n) is 1.95. The molecule has 106 valence electrons. The van der Waals surface area contributed by atoms with Crippen LogP contribution in [-0.2, 0) is 0 Å². The summed E-state index contributed by atoms with van der Waals surface area (Å²) in [4.78, 5) is 18.3. The zero-order valence-electron chi connectivity index (χ0n) is 11.0. The van der Waals surface area contributed by atoms with Crippen LogP contribution in [0, 0.1) is 0 Å². The van der Waals surface area contributed by atoms with Gasteiger partial charge < -0.3 is 10.1 Å². The number of nitrogens with zero attached hydrogens (tertiary/aromatic N) is 1. The van der Waals surface area contributed by atoms with E-state index in [0.717, 1.165) is 0 Å². The Balaban J connectivity index is 2.54. The summed E-state index contributed by atoms with van der Waals surface area (Å²) in [6, 6.07) is 5.51. The minimum Gasteiger partial charge on any atom is -0.493 e. The lowest BCUT2D eigenvalue weighted by atomic mass is 10.1. The Morgan fingerprint density at radius 3 is 2.55 bits per heavy atom. The minimum atomic E-state index is -2.61. The molecule has 20 heavy (non-hydrogen) atoms. The van der Waals surface area contributed by atoms with Crippen LogP contribution < -0.4 is 5.56 Å². The first-order valence-electron chi connectivity index (χ1n) is 6.11. The topological polar surface area (TPSA) is 66.0 Å². The number of nitrogens with one attached hydrogen (secondary N) is 1. The molecule has 0 bridgehead atoms. The molecule has 2 aromatic rings. The van der Waals surface area contributed by atoms with Crippen LogP contribution in [0.25, 0.3) is 11.4 Å². The average Bonchev–Trinajstić information content (AvgIpc) is 2.37. The number of H-pyrrole nitrogens is 1. The van der Waals surface area contributed by atoms with E-state index in [1.54, 1.807) is 19.9 Å². The molecule has 1 aromatic carbocycles. The van der Waals surface area contributed by atoms with Crippen LogP contribution in [0.2, 0.25) is 0 Å². The number of halogens is 2. The van der Waals surface area contributed by atoms with Gasteiger partial charge in [-0.2, -0.15) is 4.98 Å². The first-order valence-corrected chi connectivity index (χ1v) is 6.11. The van der Waals surface area contributed by atoms with E-state index in [9.17, 15) is 18.7 Å². The fourth-order valence-corrected chi connectivity index (χ4v) is 1.95. The SMILES string of the molecule is CC(C)c1c(O)nc(-c2cccc(C(F)F)c2)[nH]c1=O. The van der Waals surface area contributed by atoms with Gasteiger partial charge in [0.2, 0.25) is 5.88 Å². The Morgan fingerprint density at radius 2 is 2.00 bits per heavy atom. The highest BCUT2D eigenvalue weighted by Gasteiger charge is 2.15. The maximum atomic E-state index is 12.6. The van der Waals surface area contributed by atoms with Crippen molar-refractivity contribution in [1.29, 1.82) is 0 Å². The monoisotopic (exact) mass is 280 g/mol. The lowest BCUT2D eigenvalue weighted by Gasteiger charge is -2.09. The van der Waals surface area contributed by atoms with E-state index in [1.807, 2.05) is 0 Å². The molecule has 0 aliphatic carbocycles. The lowest BCUT2D eigenvalue weighted by Crippen LogP contribution is -2.16. The first-order chi connectivity index (χ1) is 9.40. The molecule has 0 aliphatic rings. The van der Waals surface area contributed by atoms with Crippen molar-refractivity contribution < 1.29 is 13.9 Å². The molecule has 0 saturated heterocycles. The summed E-state index contributed by atoms with van der Waals surface area (Å²) in [7, 11) is 0. The number of benzene rings is 1. The van der Waals surface area contributed by atoms with Gasteiger partial charge >= 0.3 is 0 Å². The number of alkyl halides is 2.